The Hall–Kier alpha value is -2.81. The molecule has 2 atom stereocenters. The van der Waals surface area contributed by atoms with Crippen LogP contribution in [-0.2, 0) is 4.74 Å². The molecule has 0 radical (unpaired) electrons. The first-order valence-corrected chi connectivity index (χ1v) is 14.2. The fourth-order valence-corrected chi connectivity index (χ4v) is 5.57. The Labute approximate surface area is 233 Å². The number of rotatable bonds is 12. The number of benzene rings is 2. The van der Waals surface area contributed by atoms with E-state index >= 15 is 0 Å². The third kappa shape index (κ3) is 7.65. The average Bonchev–Trinajstić information content (AvgIpc) is 3.42. The molecule has 2 saturated heterocycles. The van der Waals surface area contributed by atoms with Crippen molar-refractivity contribution in [2.24, 2.45) is 0 Å². The average molecular weight is 540 g/mol. The maximum atomic E-state index is 13.2. The second-order valence-electron chi connectivity index (χ2n) is 10.6. The molecule has 2 aliphatic rings. The number of hydrogen-bond donors (Lipinski definition) is 1. The Kier molecular flexibility index (Phi) is 10.5. The van der Waals surface area contributed by atoms with Crippen molar-refractivity contribution in [3.05, 3.63) is 52.6 Å². The molecular weight excluding hydrogens is 494 g/mol. The van der Waals surface area contributed by atoms with Crippen molar-refractivity contribution >= 4 is 5.91 Å². The molecule has 2 aromatic rings. The van der Waals surface area contributed by atoms with Crippen molar-refractivity contribution in [3.8, 4) is 17.2 Å². The lowest BCUT2D eigenvalue weighted by atomic mass is 9.97. The highest BCUT2D eigenvalue weighted by atomic mass is 16.5. The van der Waals surface area contributed by atoms with Crippen LogP contribution in [0.25, 0.3) is 0 Å². The van der Waals surface area contributed by atoms with Crippen molar-refractivity contribution in [2.75, 3.05) is 66.8 Å². The van der Waals surface area contributed by atoms with E-state index < -0.39 is 0 Å². The zero-order valence-corrected chi connectivity index (χ0v) is 24.3. The van der Waals surface area contributed by atoms with E-state index in [2.05, 4.69) is 48.0 Å². The molecule has 2 heterocycles. The molecule has 2 aromatic carbocycles. The normalized spacial score (nSPS) is 19.1. The van der Waals surface area contributed by atoms with Gasteiger partial charge in [-0.05, 0) is 81.5 Å². The zero-order valence-electron chi connectivity index (χ0n) is 24.3. The van der Waals surface area contributed by atoms with Crippen LogP contribution in [-0.4, -0.2) is 88.5 Å². The van der Waals surface area contributed by atoms with Crippen molar-refractivity contribution in [1.29, 1.82) is 0 Å². The second kappa shape index (κ2) is 14.0. The van der Waals surface area contributed by atoms with E-state index in [1.807, 2.05) is 12.1 Å². The van der Waals surface area contributed by atoms with Crippen LogP contribution in [0.3, 0.4) is 0 Å². The first-order valence-electron chi connectivity index (χ1n) is 14.2. The number of nitrogens with one attached hydrogen (secondary N) is 1. The molecule has 0 bridgehead atoms. The largest absolute Gasteiger partial charge is 0.497 e. The van der Waals surface area contributed by atoms with Crippen molar-refractivity contribution in [1.82, 2.24) is 15.1 Å². The summed E-state index contributed by atoms with van der Waals surface area (Å²) < 4.78 is 22.4. The van der Waals surface area contributed by atoms with Crippen LogP contribution in [0.5, 0.6) is 17.2 Å². The Morgan fingerprint density at radius 1 is 1.03 bits per heavy atom. The van der Waals surface area contributed by atoms with E-state index in [-0.39, 0.29) is 18.0 Å². The van der Waals surface area contributed by atoms with E-state index in [4.69, 9.17) is 18.9 Å². The summed E-state index contributed by atoms with van der Waals surface area (Å²) in [6.07, 6.45) is 2.95. The fraction of sp³-hybridized carbons (Fsp3) is 0.581. The number of morpholine rings is 1. The molecule has 39 heavy (non-hydrogen) atoms. The van der Waals surface area contributed by atoms with Crippen LogP contribution in [0.4, 0.5) is 0 Å². The molecule has 2 aliphatic heterocycles. The monoisotopic (exact) mass is 539 g/mol. The summed E-state index contributed by atoms with van der Waals surface area (Å²) in [5.41, 5.74) is 4.31. The molecule has 0 spiro atoms. The molecule has 8 heteroatoms. The third-order valence-electron chi connectivity index (χ3n) is 8.17. The number of carbonyl (C=O) groups is 1. The van der Waals surface area contributed by atoms with Gasteiger partial charge in [-0.15, -0.1) is 0 Å². The topological polar surface area (TPSA) is 72.5 Å². The van der Waals surface area contributed by atoms with Gasteiger partial charge in [-0.1, -0.05) is 6.07 Å². The summed E-state index contributed by atoms with van der Waals surface area (Å²) in [5.74, 6) is 2.11. The third-order valence-corrected chi connectivity index (χ3v) is 8.17. The number of ether oxygens (including phenoxy) is 4. The summed E-state index contributed by atoms with van der Waals surface area (Å²) in [6, 6.07) is 10.0. The highest BCUT2D eigenvalue weighted by molar-refractivity contribution is 5.95. The minimum absolute atomic E-state index is 0.0929. The lowest BCUT2D eigenvalue weighted by Crippen LogP contribution is -2.37. The summed E-state index contributed by atoms with van der Waals surface area (Å²) in [6.45, 7) is 13.6. The standard InChI is InChI=1S/C31H45N3O5/c1-22-23(2)30(37-5)9-8-29(22)24(3)34-12-10-26(21-34)32-31(35)25-18-27(36-4)20-28(19-25)39-15-7-6-11-33-13-16-38-17-14-33/h8-9,18-20,24,26H,6-7,10-17,21H2,1-5H3,(H,32,35)/t24?,26-/m1/s1. The minimum Gasteiger partial charge on any atom is -0.497 e. The van der Waals surface area contributed by atoms with Crippen LogP contribution < -0.4 is 19.5 Å². The predicted octanol–water partition coefficient (Wildman–Crippen LogP) is 4.38. The van der Waals surface area contributed by atoms with Gasteiger partial charge in [0.2, 0.25) is 0 Å². The molecule has 214 valence electrons. The van der Waals surface area contributed by atoms with Gasteiger partial charge in [-0.2, -0.15) is 0 Å². The van der Waals surface area contributed by atoms with Gasteiger partial charge in [0.25, 0.3) is 5.91 Å². The van der Waals surface area contributed by atoms with E-state index in [0.29, 0.717) is 23.7 Å². The molecular formula is C31H45N3O5. The van der Waals surface area contributed by atoms with E-state index in [1.165, 1.54) is 16.7 Å². The number of unbranched alkanes of at least 4 members (excludes halogenated alkanes) is 1. The highest BCUT2D eigenvalue weighted by Crippen LogP contribution is 2.32. The number of methoxy groups -OCH3 is 2. The second-order valence-corrected chi connectivity index (χ2v) is 10.6. The number of nitrogens with zero attached hydrogens (tertiary/aromatic N) is 2. The molecule has 8 nitrogen and oxygen atoms in total. The van der Waals surface area contributed by atoms with E-state index in [9.17, 15) is 4.79 Å². The maximum absolute atomic E-state index is 13.2. The van der Waals surface area contributed by atoms with Gasteiger partial charge in [-0.3, -0.25) is 14.6 Å². The van der Waals surface area contributed by atoms with Crippen LogP contribution in [0, 0.1) is 13.8 Å². The Bertz CT molecular complexity index is 1100. The Morgan fingerprint density at radius 2 is 1.79 bits per heavy atom. The lowest BCUT2D eigenvalue weighted by molar-refractivity contribution is 0.0368. The quantitative estimate of drug-likeness (QED) is 0.402. The molecule has 1 unspecified atom stereocenters. The fourth-order valence-electron chi connectivity index (χ4n) is 5.57. The zero-order chi connectivity index (χ0) is 27.8. The van der Waals surface area contributed by atoms with Crippen molar-refractivity contribution in [3.63, 3.8) is 0 Å². The van der Waals surface area contributed by atoms with Crippen LogP contribution >= 0.6 is 0 Å². The van der Waals surface area contributed by atoms with Gasteiger partial charge in [0, 0.05) is 49.9 Å². The van der Waals surface area contributed by atoms with Gasteiger partial charge in [0.15, 0.2) is 0 Å². The summed E-state index contributed by atoms with van der Waals surface area (Å²) in [7, 11) is 3.33. The van der Waals surface area contributed by atoms with Crippen LogP contribution in [0.1, 0.15) is 59.3 Å². The molecule has 1 amide bonds. The SMILES string of the molecule is COc1cc(OCCCCN2CCOCC2)cc(C(=O)N[C@@H]2CCN(C(C)c3ccc(OC)c(C)c3C)C2)c1. The number of hydrogen-bond acceptors (Lipinski definition) is 7. The molecule has 0 saturated carbocycles. The van der Waals surface area contributed by atoms with E-state index in [0.717, 1.165) is 70.9 Å². The Morgan fingerprint density at radius 3 is 2.54 bits per heavy atom. The number of likely N-dealkylation sites (tertiary alicyclic amines) is 1. The molecule has 0 aliphatic carbocycles. The van der Waals surface area contributed by atoms with E-state index in [1.54, 1.807) is 20.3 Å². The van der Waals surface area contributed by atoms with Gasteiger partial charge >= 0.3 is 0 Å². The highest BCUT2D eigenvalue weighted by Gasteiger charge is 2.29. The van der Waals surface area contributed by atoms with Gasteiger partial charge in [0.05, 0.1) is 34.0 Å². The smallest absolute Gasteiger partial charge is 0.251 e. The lowest BCUT2D eigenvalue weighted by Gasteiger charge is -2.27. The minimum atomic E-state index is -0.0953. The first-order chi connectivity index (χ1) is 18.9. The summed E-state index contributed by atoms with van der Waals surface area (Å²) >= 11 is 0. The van der Waals surface area contributed by atoms with Crippen LogP contribution in [0.15, 0.2) is 30.3 Å². The van der Waals surface area contributed by atoms with Gasteiger partial charge in [-0.25, -0.2) is 0 Å². The number of amides is 1. The Balaban J connectivity index is 1.29. The van der Waals surface area contributed by atoms with Crippen LogP contribution in [0.2, 0.25) is 0 Å². The van der Waals surface area contributed by atoms with Crippen molar-refractivity contribution in [2.45, 2.75) is 52.1 Å². The summed E-state index contributed by atoms with van der Waals surface area (Å²) in [5, 5.41) is 3.24. The first kappa shape index (κ1) is 29.2. The summed E-state index contributed by atoms with van der Waals surface area (Å²) in [4.78, 5) is 18.1. The molecule has 1 N–H and O–H groups in total. The molecule has 4 rings (SSSR count). The van der Waals surface area contributed by atoms with Crippen molar-refractivity contribution < 1.29 is 23.7 Å². The predicted molar refractivity (Wildman–Crippen MR) is 153 cm³/mol. The molecule has 0 aromatic heterocycles. The van der Waals surface area contributed by atoms with Gasteiger partial charge < -0.3 is 24.3 Å². The molecule has 2 fully saturated rings. The van der Waals surface area contributed by atoms with Gasteiger partial charge in [0.1, 0.15) is 17.2 Å². The maximum Gasteiger partial charge on any atom is 0.251 e. The number of carbonyl (C=O) groups excluding carboxylic acids is 1.